The van der Waals surface area contributed by atoms with Crippen molar-refractivity contribution in [2.75, 3.05) is 0 Å². The van der Waals surface area contributed by atoms with Gasteiger partial charge in [-0.25, -0.2) is 4.79 Å². The molecule has 0 aliphatic rings. The molecular formula is C16H23NO3. The third kappa shape index (κ3) is 5.03. The van der Waals surface area contributed by atoms with Crippen molar-refractivity contribution in [3.8, 4) is 0 Å². The Morgan fingerprint density at radius 3 is 2.45 bits per heavy atom. The Morgan fingerprint density at radius 2 is 1.90 bits per heavy atom. The van der Waals surface area contributed by atoms with E-state index in [0.717, 1.165) is 12.8 Å². The molecule has 0 heterocycles. The van der Waals surface area contributed by atoms with Crippen LogP contribution < -0.4 is 5.32 Å². The topological polar surface area (TPSA) is 66.4 Å². The van der Waals surface area contributed by atoms with Gasteiger partial charge < -0.3 is 10.4 Å². The molecule has 0 aliphatic heterocycles. The summed E-state index contributed by atoms with van der Waals surface area (Å²) in [5.74, 6) is -1.17. The second kappa shape index (κ2) is 7.68. The van der Waals surface area contributed by atoms with Crippen LogP contribution in [-0.4, -0.2) is 22.5 Å². The highest BCUT2D eigenvalue weighted by molar-refractivity contribution is 5.86. The van der Waals surface area contributed by atoms with Crippen LogP contribution in [0.1, 0.15) is 45.1 Å². The van der Waals surface area contributed by atoms with Gasteiger partial charge in [0.1, 0.15) is 5.54 Å². The molecule has 1 unspecified atom stereocenters. The summed E-state index contributed by atoms with van der Waals surface area (Å²) in [6.07, 6.45) is 3.05. The summed E-state index contributed by atoms with van der Waals surface area (Å²) in [6, 6.07) is 9.95. The SMILES string of the molecule is CCCC(C)(NC(=O)CCCc1ccccc1)C(=O)O. The highest BCUT2D eigenvalue weighted by Crippen LogP contribution is 2.13. The smallest absolute Gasteiger partial charge is 0.329 e. The van der Waals surface area contributed by atoms with Gasteiger partial charge in [-0.15, -0.1) is 0 Å². The van der Waals surface area contributed by atoms with E-state index in [-0.39, 0.29) is 5.91 Å². The van der Waals surface area contributed by atoms with Gasteiger partial charge in [-0.1, -0.05) is 43.7 Å². The molecule has 4 nitrogen and oxygen atoms in total. The first-order valence-electron chi connectivity index (χ1n) is 7.06. The predicted octanol–water partition coefficient (Wildman–Crippen LogP) is 2.77. The van der Waals surface area contributed by atoms with Crippen molar-refractivity contribution >= 4 is 11.9 Å². The fourth-order valence-electron chi connectivity index (χ4n) is 2.19. The highest BCUT2D eigenvalue weighted by Gasteiger charge is 2.33. The molecule has 0 saturated heterocycles. The first kappa shape index (κ1) is 16.2. The van der Waals surface area contributed by atoms with Crippen LogP contribution in [-0.2, 0) is 16.0 Å². The van der Waals surface area contributed by atoms with Crippen LogP contribution in [0.4, 0.5) is 0 Å². The van der Waals surface area contributed by atoms with Crippen molar-refractivity contribution in [3.63, 3.8) is 0 Å². The van der Waals surface area contributed by atoms with Gasteiger partial charge in [0.05, 0.1) is 0 Å². The van der Waals surface area contributed by atoms with Gasteiger partial charge >= 0.3 is 5.97 Å². The maximum Gasteiger partial charge on any atom is 0.329 e. The lowest BCUT2D eigenvalue weighted by atomic mass is 9.96. The number of aliphatic carboxylic acids is 1. The van der Waals surface area contributed by atoms with E-state index in [1.807, 2.05) is 37.3 Å². The molecule has 0 radical (unpaired) electrons. The standard InChI is InChI=1S/C16H23NO3/c1-3-12-16(2,15(19)20)17-14(18)11-7-10-13-8-5-4-6-9-13/h4-6,8-9H,3,7,10-12H2,1-2H3,(H,17,18)(H,19,20). The average Bonchev–Trinajstić information content (AvgIpc) is 2.40. The second-order valence-corrected chi connectivity index (χ2v) is 5.27. The Morgan fingerprint density at radius 1 is 1.25 bits per heavy atom. The number of rotatable bonds is 8. The zero-order valence-corrected chi connectivity index (χ0v) is 12.2. The van der Waals surface area contributed by atoms with Crippen molar-refractivity contribution in [1.82, 2.24) is 5.32 Å². The first-order valence-corrected chi connectivity index (χ1v) is 7.06. The van der Waals surface area contributed by atoms with Crippen molar-refractivity contribution in [1.29, 1.82) is 0 Å². The molecule has 0 fully saturated rings. The van der Waals surface area contributed by atoms with E-state index in [1.54, 1.807) is 6.92 Å². The minimum atomic E-state index is -1.15. The highest BCUT2D eigenvalue weighted by atomic mass is 16.4. The average molecular weight is 277 g/mol. The second-order valence-electron chi connectivity index (χ2n) is 5.27. The number of hydrogen-bond acceptors (Lipinski definition) is 2. The number of carboxylic acid groups (broad SMARTS) is 1. The fourth-order valence-corrected chi connectivity index (χ4v) is 2.19. The lowest BCUT2D eigenvalue weighted by Crippen LogP contribution is -2.52. The monoisotopic (exact) mass is 277 g/mol. The minimum Gasteiger partial charge on any atom is -0.480 e. The molecule has 4 heteroatoms. The summed E-state index contributed by atoms with van der Waals surface area (Å²) in [5, 5.41) is 11.8. The molecule has 110 valence electrons. The molecule has 1 atom stereocenters. The van der Waals surface area contributed by atoms with E-state index in [9.17, 15) is 14.7 Å². The van der Waals surface area contributed by atoms with Gasteiger partial charge in [0.15, 0.2) is 0 Å². The van der Waals surface area contributed by atoms with Gasteiger partial charge in [-0.05, 0) is 31.7 Å². The maximum absolute atomic E-state index is 11.9. The molecular weight excluding hydrogens is 254 g/mol. The molecule has 0 saturated carbocycles. The van der Waals surface area contributed by atoms with Gasteiger partial charge in [0, 0.05) is 6.42 Å². The van der Waals surface area contributed by atoms with E-state index in [2.05, 4.69) is 5.32 Å². The Balaban J connectivity index is 2.41. The molecule has 0 bridgehead atoms. The number of benzene rings is 1. The summed E-state index contributed by atoms with van der Waals surface area (Å²) in [4.78, 5) is 23.1. The fraction of sp³-hybridized carbons (Fsp3) is 0.500. The van der Waals surface area contributed by atoms with Gasteiger partial charge in [0.2, 0.25) is 5.91 Å². The van der Waals surface area contributed by atoms with Gasteiger partial charge in [-0.2, -0.15) is 0 Å². The minimum absolute atomic E-state index is 0.195. The number of carbonyl (C=O) groups excluding carboxylic acids is 1. The van der Waals surface area contributed by atoms with Gasteiger partial charge in [0.25, 0.3) is 0 Å². The Hall–Kier alpha value is -1.84. The lowest BCUT2D eigenvalue weighted by Gasteiger charge is -2.25. The number of amides is 1. The number of hydrogen-bond donors (Lipinski definition) is 2. The normalized spacial score (nSPS) is 13.5. The summed E-state index contributed by atoms with van der Waals surface area (Å²) >= 11 is 0. The van der Waals surface area contributed by atoms with Crippen LogP contribution in [0, 0.1) is 0 Å². The van der Waals surface area contributed by atoms with Crippen molar-refractivity contribution < 1.29 is 14.7 Å². The quantitative estimate of drug-likeness (QED) is 0.768. The molecule has 0 aromatic heterocycles. The van der Waals surface area contributed by atoms with Crippen molar-refractivity contribution in [3.05, 3.63) is 35.9 Å². The molecule has 0 spiro atoms. The number of carbonyl (C=O) groups is 2. The molecule has 1 aromatic rings. The van der Waals surface area contributed by atoms with E-state index in [1.165, 1.54) is 5.56 Å². The molecule has 0 aliphatic carbocycles. The summed E-state index contributed by atoms with van der Waals surface area (Å²) < 4.78 is 0. The number of aryl methyl sites for hydroxylation is 1. The summed E-state index contributed by atoms with van der Waals surface area (Å²) in [6.45, 7) is 3.47. The molecule has 20 heavy (non-hydrogen) atoms. The Labute approximate surface area is 120 Å². The van der Waals surface area contributed by atoms with E-state index < -0.39 is 11.5 Å². The Kier molecular flexibility index (Phi) is 6.22. The largest absolute Gasteiger partial charge is 0.480 e. The maximum atomic E-state index is 11.9. The molecule has 1 amide bonds. The molecule has 1 rings (SSSR count). The first-order chi connectivity index (χ1) is 9.48. The predicted molar refractivity (Wildman–Crippen MR) is 78.5 cm³/mol. The number of nitrogens with one attached hydrogen (secondary N) is 1. The van der Waals surface area contributed by atoms with Crippen LogP contribution in [0.25, 0.3) is 0 Å². The Bertz CT molecular complexity index is 444. The van der Waals surface area contributed by atoms with Crippen molar-refractivity contribution in [2.45, 2.75) is 51.5 Å². The van der Waals surface area contributed by atoms with Crippen LogP contribution in [0.5, 0.6) is 0 Å². The van der Waals surface area contributed by atoms with Gasteiger partial charge in [-0.3, -0.25) is 4.79 Å². The lowest BCUT2D eigenvalue weighted by molar-refractivity contribution is -0.147. The van der Waals surface area contributed by atoms with Crippen LogP contribution in [0.15, 0.2) is 30.3 Å². The zero-order chi connectivity index (χ0) is 15.0. The summed E-state index contributed by atoms with van der Waals surface area (Å²) in [7, 11) is 0. The summed E-state index contributed by atoms with van der Waals surface area (Å²) in [5.41, 5.74) is 0.0355. The molecule has 1 aromatic carbocycles. The van der Waals surface area contributed by atoms with E-state index in [0.29, 0.717) is 19.3 Å². The third-order valence-electron chi connectivity index (χ3n) is 3.35. The van der Waals surface area contributed by atoms with Crippen LogP contribution >= 0.6 is 0 Å². The van der Waals surface area contributed by atoms with Crippen molar-refractivity contribution in [2.24, 2.45) is 0 Å². The third-order valence-corrected chi connectivity index (χ3v) is 3.35. The van der Waals surface area contributed by atoms with E-state index in [4.69, 9.17) is 0 Å². The van der Waals surface area contributed by atoms with E-state index >= 15 is 0 Å². The number of carboxylic acids is 1. The zero-order valence-electron chi connectivity index (χ0n) is 12.2. The van der Waals surface area contributed by atoms with Crippen LogP contribution in [0.2, 0.25) is 0 Å². The van der Waals surface area contributed by atoms with Crippen LogP contribution in [0.3, 0.4) is 0 Å². The molecule has 2 N–H and O–H groups in total.